The van der Waals surface area contributed by atoms with Gasteiger partial charge in [-0.15, -0.1) is 0 Å². The fraction of sp³-hybridized carbons (Fsp3) is 0.625. The highest BCUT2D eigenvalue weighted by Crippen LogP contribution is 2.27. The summed E-state index contributed by atoms with van der Waals surface area (Å²) in [4.78, 5) is 2.40. The average molecular weight is 264 g/mol. The molecule has 0 saturated carbocycles. The molecule has 0 bridgehead atoms. The van der Waals surface area contributed by atoms with E-state index in [0.717, 1.165) is 23.7 Å². The number of nitrogen functional groups attached to an aromatic ring is 1. The molecule has 0 aliphatic rings. The second-order valence-electron chi connectivity index (χ2n) is 5.19. The lowest BCUT2D eigenvalue weighted by atomic mass is 10.1. The Morgan fingerprint density at radius 2 is 1.89 bits per heavy atom. The monoisotopic (exact) mass is 264 g/mol. The molecule has 0 fully saturated rings. The number of rotatable bonds is 8. The summed E-state index contributed by atoms with van der Waals surface area (Å²) < 4.78 is 5.58. The molecule has 0 atom stereocenters. The average Bonchev–Trinajstić information content (AvgIpc) is 2.33. The Hall–Kier alpha value is -1.38. The van der Waals surface area contributed by atoms with Gasteiger partial charge in [0.05, 0.1) is 6.61 Å². The van der Waals surface area contributed by atoms with Crippen LogP contribution in [0.3, 0.4) is 0 Å². The highest BCUT2D eigenvalue weighted by Gasteiger charge is 2.12. The lowest BCUT2D eigenvalue weighted by molar-refractivity contribution is 0.340. The molecular formula is C16H28N2O. The number of hydrogen-bond acceptors (Lipinski definition) is 3. The molecule has 1 rings (SSSR count). The highest BCUT2D eigenvalue weighted by atomic mass is 16.5. The van der Waals surface area contributed by atoms with Crippen molar-refractivity contribution in [3.05, 3.63) is 18.2 Å². The lowest BCUT2D eigenvalue weighted by Gasteiger charge is -2.29. The third kappa shape index (κ3) is 5.01. The Bertz CT molecular complexity index is 377. The van der Waals surface area contributed by atoms with Gasteiger partial charge >= 0.3 is 0 Å². The summed E-state index contributed by atoms with van der Waals surface area (Å²) in [6, 6.07) is 6.48. The number of benzene rings is 1. The summed E-state index contributed by atoms with van der Waals surface area (Å²) in [7, 11) is 0. The van der Waals surface area contributed by atoms with Crippen molar-refractivity contribution in [2.45, 2.75) is 53.0 Å². The van der Waals surface area contributed by atoms with E-state index >= 15 is 0 Å². The smallest absolute Gasteiger partial charge is 0.123 e. The predicted octanol–water partition coefficient (Wildman–Crippen LogP) is 4.07. The van der Waals surface area contributed by atoms with Crippen LogP contribution in [0.2, 0.25) is 0 Å². The maximum Gasteiger partial charge on any atom is 0.123 e. The lowest BCUT2D eigenvalue weighted by Crippen LogP contribution is -2.31. The first-order chi connectivity index (χ1) is 9.08. The van der Waals surface area contributed by atoms with Gasteiger partial charge in [-0.2, -0.15) is 0 Å². The predicted molar refractivity (Wildman–Crippen MR) is 84.0 cm³/mol. The van der Waals surface area contributed by atoms with Crippen molar-refractivity contribution < 1.29 is 4.74 Å². The normalized spacial score (nSPS) is 10.8. The Morgan fingerprint density at radius 3 is 2.47 bits per heavy atom. The molecule has 0 spiro atoms. The van der Waals surface area contributed by atoms with E-state index in [0.29, 0.717) is 12.6 Å². The summed E-state index contributed by atoms with van der Waals surface area (Å²) >= 11 is 0. The molecule has 0 unspecified atom stereocenters. The SMILES string of the molecule is CCCCCN(c1cc(N)cc(OCC)c1)C(C)C. The Balaban J connectivity index is 2.88. The molecule has 3 nitrogen and oxygen atoms in total. The van der Waals surface area contributed by atoms with Gasteiger partial charge in [0.25, 0.3) is 0 Å². The largest absolute Gasteiger partial charge is 0.494 e. The van der Waals surface area contributed by atoms with Crippen molar-refractivity contribution in [3.8, 4) is 5.75 Å². The molecule has 0 heterocycles. The first-order valence-electron chi connectivity index (χ1n) is 7.38. The molecule has 108 valence electrons. The number of ether oxygens (including phenoxy) is 1. The molecule has 0 aromatic heterocycles. The van der Waals surface area contributed by atoms with E-state index in [9.17, 15) is 0 Å². The summed E-state index contributed by atoms with van der Waals surface area (Å²) in [5.74, 6) is 0.860. The van der Waals surface area contributed by atoms with Crippen LogP contribution < -0.4 is 15.4 Å². The van der Waals surface area contributed by atoms with E-state index < -0.39 is 0 Å². The Kier molecular flexibility index (Phi) is 6.54. The third-order valence-corrected chi connectivity index (χ3v) is 3.18. The van der Waals surface area contributed by atoms with Crippen LogP contribution in [0.4, 0.5) is 11.4 Å². The number of nitrogens with zero attached hydrogens (tertiary/aromatic N) is 1. The molecule has 0 aliphatic heterocycles. The number of unbranched alkanes of at least 4 members (excludes halogenated alkanes) is 2. The van der Waals surface area contributed by atoms with E-state index in [1.165, 1.54) is 19.3 Å². The number of hydrogen-bond donors (Lipinski definition) is 1. The number of anilines is 2. The van der Waals surface area contributed by atoms with Gasteiger partial charge < -0.3 is 15.4 Å². The molecule has 0 amide bonds. The topological polar surface area (TPSA) is 38.5 Å². The van der Waals surface area contributed by atoms with Gasteiger partial charge in [-0.05, 0) is 33.3 Å². The quantitative estimate of drug-likeness (QED) is 0.568. The van der Waals surface area contributed by atoms with Crippen LogP contribution in [0.15, 0.2) is 18.2 Å². The minimum absolute atomic E-state index is 0.466. The first-order valence-corrected chi connectivity index (χ1v) is 7.38. The van der Waals surface area contributed by atoms with Crippen LogP contribution in [0.1, 0.15) is 47.0 Å². The number of nitrogens with two attached hydrogens (primary N) is 1. The fourth-order valence-corrected chi connectivity index (χ4v) is 2.24. The Morgan fingerprint density at radius 1 is 1.16 bits per heavy atom. The zero-order chi connectivity index (χ0) is 14.3. The van der Waals surface area contributed by atoms with Gasteiger partial charge in [0.2, 0.25) is 0 Å². The van der Waals surface area contributed by atoms with Crippen LogP contribution in [-0.2, 0) is 0 Å². The van der Waals surface area contributed by atoms with Gasteiger partial charge in [-0.1, -0.05) is 19.8 Å². The maximum atomic E-state index is 5.98. The van der Waals surface area contributed by atoms with Crippen LogP contribution in [-0.4, -0.2) is 19.2 Å². The van der Waals surface area contributed by atoms with Gasteiger partial charge in [-0.3, -0.25) is 0 Å². The molecule has 1 aromatic carbocycles. The van der Waals surface area contributed by atoms with Crippen molar-refractivity contribution in [2.24, 2.45) is 0 Å². The van der Waals surface area contributed by atoms with Gasteiger partial charge in [0.1, 0.15) is 5.75 Å². The van der Waals surface area contributed by atoms with Crippen molar-refractivity contribution in [1.82, 2.24) is 0 Å². The van der Waals surface area contributed by atoms with E-state index in [-0.39, 0.29) is 0 Å². The standard InChI is InChI=1S/C16H28N2O/c1-5-7-8-9-18(13(3)4)15-10-14(17)11-16(12-15)19-6-2/h10-13H,5-9,17H2,1-4H3. The van der Waals surface area contributed by atoms with Crippen LogP contribution in [0.25, 0.3) is 0 Å². The first kappa shape index (κ1) is 15.7. The fourth-order valence-electron chi connectivity index (χ4n) is 2.24. The molecule has 1 aromatic rings. The molecule has 0 saturated heterocycles. The van der Waals surface area contributed by atoms with Crippen molar-refractivity contribution in [2.75, 3.05) is 23.8 Å². The minimum Gasteiger partial charge on any atom is -0.494 e. The third-order valence-electron chi connectivity index (χ3n) is 3.18. The summed E-state index contributed by atoms with van der Waals surface area (Å²) in [6.07, 6.45) is 3.73. The van der Waals surface area contributed by atoms with Gasteiger partial charge in [0, 0.05) is 36.1 Å². The zero-order valence-electron chi connectivity index (χ0n) is 12.8. The highest BCUT2D eigenvalue weighted by molar-refractivity contribution is 5.61. The maximum absolute atomic E-state index is 5.98. The van der Waals surface area contributed by atoms with Crippen molar-refractivity contribution in [1.29, 1.82) is 0 Å². The van der Waals surface area contributed by atoms with Gasteiger partial charge in [-0.25, -0.2) is 0 Å². The van der Waals surface area contributed by atoms with Crippen LogP contribution >= 0.6 is 0 Å². The molecule has 2 N–H and O–H groups in total. The van der Waals surface area contributed by atoms with E-state index in [4.69, 9.17) is 10.5 Å². The van der Waals surface area contributed by atoms with Crippen LogP contribution in [0, 0.1) is 0 Å². The second kappa shape index (κ2) is 7.93. The van der Waals surface area contributed by atoms with E-state index in [1.54, 1.807) is 0 Å². The summed E-state index contributed by atoms with van der Waals surface area (Å²) in [5.41, 5.74) is 7.90. The summed E-state index contributed by atoms with van der Waals surface area (Å²) in [5, 5.41) is 0. The van der Waals surface area contributed by atoms with E-state index in [1.807, 2.05) is 19.1 Å². The van der Waals surface area contributed by atoms with E-state index in [2.05, 4.69) is 31.7 Å². The second-order valence-corrected chi connectivity index (χ2v) is 5.19. The summed E-state index contributed by atoms with van der Waals surface area (Å²) in [6.45, 7) is 10.4. The zero-order valence-corrected chi connectivity index (χ0v) is 12.8. The minimum atomic E-state index is 0.466. The Labute approximate surface area is 117 Å². The molecule has 19 heavy (non-hydrogen) atoms. The molecule has 0 radical (unpaired) electrons. The van der Waals surface area contributed by atoms with Crippen LogP contribution in [0.5, 0.6) is 5.75 Å². The van der Waals surface area contributed by atoms with Crippen molar-refractivity contribution >= 4 is 11.4 Å². The molecule has 3 heteroatoms. The molecule has 0 aliphatic carbocycles. The molecular weight excluding hydrogens is 236 g/mol. The van der Waals surface area contributed by atoms with Crippen molar-refractivity contribution in [3.63, 3.8) is 0 Å². The van der Waals surface area contributed by atoms with Gasteiger partial charge in [0.15, 0.2) is 0 Å².